The van der Waals surface area contributed by atoms with Gasteiger partial charge < -0.3 is 4.90 Å². The van der Waals surface area contributed by atoms with Gasteiger partial charge >= 0.3 is 0 Å². The molecule has 0 N–H and O–H groups in total. The van der Waals surface area contributed by atoms with Crippen molar-refractivity contribution in [2.24, 2.45) is 0 Å². The van der Waals surface area contributed by atoms with E-state index in [2.05, 4.69) is 0 Å². The van der Waals surface area contributed by atoms with Crippen molar-refractivity contribution in [2.45, 2.75) is 13.3 Å². The topological polar surface area (TPSA) is 37.4 Å². The van der Waals surface area contributed by atoms with Crippen LogP contribution in [0.4, 0.5) is 5.69 Å². The Bertz CT molecular complexity index is 442. The Balaban J connectivity index is 2.60. The molecule has 1 aromatic carbocycles. The van der Waals surface area contributed by atoms with Crippen LogP contribution in [0.15, 0.2) is 18.2 Å². The smallest absolute Gasteiger partial charge is 0.223 e. The number of nitrogens with zero attached hydrogens (tertiary/aromatic N) is 1. The fourth-order valence-corrected chi connectivity index (χ4v) is 2.07. The van der Waals surface area contributed by atoms with Gasteiger partial charge in [-0.2, -0.15) is 0 Å². The minimum Gasteiger partial charge on any atom is -0.311 e. The van der Waals surface area contributed by atoms with Crippen LogP contribution in [0.1, 0.15) is 23.7 Å². The maximum absolute atomic E-state index is 11.7. The lowest BCUT2D eigenvalue weighted by Gasteiger charge is -2.28. The van der Waals surface area contributed by atoms with Gasteiger partial charge in [-0.05, 0) is 12.1 Å². The molecular formula is C11H10ClNO2. The number of halogens is 1. The average Bonchev–Trinajstić information content (AvgIpc) is 2.17. The van der Waals surface area contributed by atoms with Gasteiger partial charge in [-0.1, -0.05) is 17.7 Å². The molecule has 0 aliphatic carbocycles. The molecule has 0 saturated carbocycles. The summed E-state index contributed by atoms with van der Waals surface area (Å²) >= 11 is 5.95. The summed E-state index contributed by atoms with van der Waals surface area (Å²) in [6.07, 6.45) is 0.344. The lowest BCUT2D eigenvalue weighted by Crippen LogP contribution is -2.35. The minimum atomic E-state index is -0.0639. The van der Waals surface area contributed by atoms with Crippen molar-refractivity contribution in [1.82, 2.24) is 0 Å². The molecule has 0 atom stereocenters. The first-order chi connectivity index (χ1) is 7.11. The highest BCUT2D eigenvalue weighted by Gasteiger charge is 2.26. The van der Waals surface area contributed by atoms with E-state index in [-0.39, 0.29) is 11.7 Å². The van der Waals surface area contributed by atoms with Gasteiger partial charge in [0, 0.05) is 19.9 Å². The Hall–Kier alpha value is -1.35. The molecule has 1 amide bonds. The summed E-state index contributed by atoms with van der Waals surface area (Å²) in [5, 5.41) is 0.420. The Labute approximate surface area is 92.6 Å². The maximum Gasteiger partial charge on any atom is 0.223 e. The third-order valence-corrected chi connectivity index (χ3v) is 2.82. The third-order valence-electron chi connectivity index (χ3n) is 2.50. The highest BCUT2D eigenvalue weighted by atomic mass is 35.5. The molecule has 0 unspecified atom stereocenters. The zero-order valence-corrected chi connectivity index (χ0v) is 9.04. The van der Waals surface area contributed by atoms with Crippen LogP contribution >= 0.6 is 11.6 Å². The first kappa shape index (κ1) is 10.2. The van der Waals surface area contributed by atoms with Crippen molar-refractivity contribution < 1.29 is 9.59 Å². The molecule has 4 heteroatoms. The summed E-state index contributed by atoms with van der Waals surface area (Å²) in [4.78, 5) is 24.6. The number of ketones is 1. The van der Waals surface area contributed by atoms with Crippen LogP contribution in [0, 0.1) is 0 Å². The van der Waals surface area contributed by atoms with Crippen molar-refractivity contribution in [1.29, 1.82) is 0 Å². The molecule has 78 valence electrons. The van der Waals surface area contributed by atoms with E-state index in [0.717, 1.165) is 0 Å². The molecule has 3 nitrogen and oxygen atoms in total. The molecule has 0 aromatic heterocycles. The number of amides is 1. The molecule has 0 radical (unpaired) electrons. The van der Waals surface area contributed by atoms with E-state index in [1.807, 2.05) is 0 Å². The van der Waals surface area contributed by atoms with Crippen molar-refractivity contribution in [3.63, 3.8) is 0 Å². The van der Waals surface area contributed by atoms with Gasteiger partial charge in [0.25, 0.3) is 0 Å². The summed E-state index contributed by atoms with van der Waals surface area (Å²) in [6.45, 7) is 1.93. The van der Waals surface area contributed by atoms with E-state index in [9.17, 15) is 9.59 Å². The van der Waals surface area contributed by atoms with Crippen molar-refractivity contribution in [2.75, 3.05) is 11.4 Å². The number of hydrogen-bond acceptors (Lipinski definition) is 2. The zero-order valence-electron chi connectivity index (χ0n) is 8.29. The fourth-order valence-electron chi connectivity index (χ4n) is 1.80. The molecular weight excluding hydrogens is 214 g/mol. The van der Waals surface area contributed by atoms with Crippen LogP contribution in [0.5, 0.6) is 0 Å². The molecule has 0 spiro atoms. The third kappa shape index (κ3) is 1.63. The van der Waals surface area contributed by atoms with Crippen molar-refractivity contribution in [3.8, 4) is 0 Å². The Morgan fingerprint density at radius 3 is 2.87 bits per heavy atom. The molecule has 0 saturated heterocycles. The van der Waals surface area contributed by atoms with E-state index in [1.165, 1.54) is 6.92 Å². The van der Waals surface area contributed by atoms with Crippen molar-refractivity contribution in [3.05, 3.63) is 28.8 Å². The number of benzene rings is 1. The molecule has 0 bridgehead atoms. The van der Waals surface area contributed by atoms with E-state index in [1.54, 1.807) is 23.1 Å². The van der Waals surface area contributed by atoms with Crippen LogP contribution in [-0.2, 0) is 4.79 Å². The lowest BCUT2D eigenvalue weighted by molar-refractivity contribution is -0.116. The molecule has 0 fully saturated rings. The van der Waals surface area contributed by atoms with E-state index >= 15 is 0 Å². The summed E-state index contributed by atoms with van der Waals surface area (Å²) < 4.78 is 0. The minimum absolute atomic E-state index is 0.00750. The van der Waals surface area contributed by atoms with Gasteiger partial charge in [-0.15, -0.1) is 0 Å². The molecule has 2 rings (SSSR count). The summed E-state index contributed by atoms with van der Waals surface area (Å²) in [7, 11) is 0. The number of hydrogen-bond donors (Lipinski definition) is 0. The normalized spacial score (nSPS) is 15.1. The maximum atomic E-state index is 11.7. The predicted octanol–water partition coefficient (Wildman–Crippen LogP) is 2.28. The van der Waals surface area contributed by atoms with E-state index in [4.69, 9.17) is 11.6 Å². The van der Waals surface area contributed by atoms with Crippen LogP contribution in [-0.4, -0.2) is 18.2 Å². The standard InChI is InChI=1S/C11H10ClNO2/c1-7(14)13-6-5-10(15)11-8(12)3-2-4-9(11)13/h2-4H,5-6H2,1H3. The molecule has 1 aliphatic rings. The number of rotatable bonds is 0. The predicted molar refractivity (Wildman–Crippen MR) is 58.4 cm³/mol. The Morgan fingerprint density at radius 1 is 1.47 bits per heavy atom. The van der Waals surface area contributed by atoms with Gasteiger partial charge in [-0.25, -0.2) is 0 Å². The first-order valence-electron chi connectivity index (χ1n) is 4.71. The number of Topliss-reactive ketones (excluding diaryl/α,β-unsaturated/α-hetero) is 1. The molecule has 1 aromatic rings. The lowest BCUT2D eigenvalue weighted by atomic mass is 10.0. The van der Waals surface area contributed by atoms with E-state index in [0.29, 0.717) is 29.2 Å². The summed E-state index contributed by atoms with van der Waals surface area (Å²) in [5.74, 6) is -0.0564. The van der Waals surface area contributed by atoms with E-state index < -0.39 is 0 Å². The highest BCUT2D eigenvalue weighted by molar-refractivity contribution is 6.35. The zero-order chi connectivity index (χ0) is 11.0. The summed E-state index contributed by atoms with van der Waals surface area (Å²) in [6, 6.07) is 5.16. The first-order valence-corrected chi connectivity index (χ1v) is 5.09. The second-order valence-corrected chi connectivity index (χ2v) is 3.88. The molecule has 15 heavy (non-hydrogen) atoms. The number of fused-ring (bicyclic) bond motifs is 1. The highest BCUT2D eigenvalue weighted by Crippen LogP contribution is 2.32. The monoisotopic (exact) mass is 223 g/mol. The van der Waals surface area contributed by atoms with Gasteiger partial charge in [-0.3, -0.25) is 9.59 Å². The number of anilines is 1. The molecule has 1 heterocycles. The van der Waals surface area contributed by atoms with Gasteiger partial charge in [0.15, 0.2) is 5.78 Å². The quantitative estimate of drug-likeness (QED) is 0.677. The van der Waals surface area contributed by atoms with Gasteiger partial charge in [0.2, 0.25) is 5.91 Å². The van der Waals surface area contributed by atoms with Crippen LogP contribution in [0.3, 0.4) is 0 Å². The average molecular weight is 224 g/mol. The number of carbonyl (C=O) groups excluding carboxylic acids is 2. The van der Waals surface area contributed by atoms with Crippen molar-refractivity contribution >= 4 is 29.0 Å². The number of carbonyl (C=O) groups is 2. The Kier molecular flexibility index (Phi) is 2.49. The second-order valence-electron chi connectivity index (χ2n) is 3.48. The summed E-state index contributed by atoms with van der Waals surface area (Å²) in [5.41, 5.74) is 1.10. The van der Waals surface area contributed by atoms with Crippen LogP contribution in [0.25, 0.3) is 0 Å². The Morgan fingerprint density at radius 2 is 2.20 bits per heavy atom. The fraction of sp³-hybridized carbons (Fsp3) is 0.273. The SMILES string of the molecule is CC(=O)N1CCC(=O)c2c(Cl)cccc21. The van der Waals surface area contributed by atoms with Gasteiger partial charge in [0.1, 0.15) is 0 Å². The largest absolute Gasteiger partial charge is 0.311 e. The van der Waals surface area contributed by atoms with Crippen LogP contribution < -0.4 is 4.90 Å². The van der Waals surface area contributed by atoms with Gasteiger partial charge in [0.05, 0.1) is 16.3 Å². The second kappa shape index (κ2) is 3.66. The molecule has 1 aliphatic heterocycles. The van der Waals surface area contributed by atoms with Crippen LogP contribution in [0.2, 0.25) is 5.02 Å².